The molecule has 3 aromatic rings. The highest BCUT2D eigenvalue weighted by molar-refractivity contribution is 7.15. The van der Waals surface area contributed by atoms with Crippen molar-refractivity contribution in [2.45, 2.75) is 51.0 Å². The lowest BCUT2D eigenvalue weighted by Gasteiger charge is -2.31. The number of nitrogens with two attached hydrogens (primary N) is 1. The molecule has 4 rings (SSSR count). The van der Waals surface area contributed by atoms with E-state index >= 15 is 0 Å². The van der Waals surface area contributed by atoms with Crippen LogP contribution in [0.4, 0.5) is 19.0 Å². The lowest BCUT2D eigenvalue weighted by molar-refractivity contribution is -0.147. The molecule has 0 radical (unpaired) electrons. The highest BCUT2D eigenvalue weighted by atomic mass is 32.1. The van der Waals surface area contributed by atoms with E-state index in [1.54, 1.807) is 26.2 Å². The molecule has 196 valence electrons. The number of benzene rings is 1. The summed E-state index contributed by atoms with van der Waals surface area (Å²) in [6.07, 6.45) is 0.562. The molecule has 0 saturated carbocycles. The Kier molecular flexibility index (Phi) is 8.07. The van der Waals surface area contributed by atoms with Crippen LogP contribution in [-0.2, 0) is 6.61 Å². The molecule has 1 saturated heterocycles. The average Bonchev–Trinajstić information content (AvgIpc) is 3.32. The van der Waals surface area contributed by atoms with E-state index in [9.17, 15) is 18.3 Å². The molecular weight excluding hydrogens is 501 g/mol. The number of piperidine rings is 1. The molecule has 0 unspecified atom stereocenters. The Balaban J connectivity index is 1.40. The Morgan fingerprint density at radius 3 is 2.62 bits per heavy atom. The lowest BCUT2D eigenvalue weighted by atomic mass is 9.97. The van der Waals surface area contributed by atoms with Gasteiger partial charge in [0.2, 0.25) is 0 Å². The van der Waals surface area contributed by atoms with Gasteiger partial charge in [-0.05, 0) is 63.5 Å². The van der Waals surface area contributed by atoms with Gasteiger partial charge in [0.15, 0.2) is 11.6 Å². The van der Waals surface area contributed by atoms with Crippen molar-refractivity contribution in [3.63, 3.8) is 0 Å². The Labute approximate surface area is 218 Å². The minimum atomic E-state index is -4.17. The molecule has 37 heavy (non-hydrogen) atoms. The van der Waals surface area contributed by atoms with Crippen molar-refractivity contribution in [3.05, 3.63) is 58.9 Å². The van der Waals surface area contributed by atoms with E-state index in [1.807, 2.05) is 30.3 Å². The number of anilines is 1. The summed E-state index contributed by atoms with van der Waals surface area (Å²) in [6.45, 7) is 3.47. The SMILES string of the molecule is CC(C)(O)C#Cc1cccc(COc2cc(-c3cnc(C4CCN(CC(F)(F)F)CC4)s3)cnc2N)c1. The number of rotatable bonds is 6. The molecule has 1 aliphatic rings. The number of likely N-dealkylation sites (tertiary alicyclic amines) is 1. The quantitative estimate of drug-likeness (QED) is 0.425. The highest BCUT2D eigenvalue weighted by Gasteiger charge is 2.33. The van der Waals surface area contributed by atoms with Gasteiger partial charge in [0.05, 0.1) is 16.4 Å². The number of nitrogen functional groups attached to an aromatic ring is 1. The first-order valence-corrected chi connectivity index (χ1v) is 12.7. The van der Waals surface area contributed by atoms with Crippen molar-refractivity contribution in [1.29, 1.82) is 0 Å². The van der Waals surface area contributed by atoms with Crippen LogP contribution in [-0.4, -0.2) is 51.4 Å². The maximum atomic E-state index is 12.7. The van der Waals surface area contributed by atoms with Gasteiger partial charge in [0.1, 0.15) is 12.2 Å². The van der Waals surface area contributed by atoms with E-state index in [-0.39, 0.29) is 18.3 Å². The summed E-state index contributed by atoms with van der Waals surface area (Å²) in [7, 11) is 0. The minimum Gasteiger partial charge on any atom is -0.485 e. The third kappa shape index (κ3) is 7.92. The molecule has 3 heterocycles. The molecule has 3 N–H and O–H groups in total. The number of nitrogens with zero attached hydrogens (tertiary/aromatic N) is 3. The largest absolute Gasteiger partial charge is 0.485 e. The first-order valence-electron chi connectivity index (χ1n) is 11.9. The molecule has 0 atom stereocenters. The predicted molar refractivity (Wildman–Crippen MR) is 138 cm³/mol. The van der Waals surface area contributed by atoms with E-state index in [1.165, 1.54) is 16.2 Å². The molecule has 0 spiro atoms. The fourth-order valence-electron chi connectivity index (χ4n) is 4.03. The summed E-state index contributed by atoms with van der Waals surface area (Å²) >= 11 is 1.52. The second kappa shape index (κ2) is 11.1. The zero-order valence-electron chi connectivity index (χ0n) is 20.7. The van der Waals surface area contributed by atoms with Crippen LogP contribution < -0.4 is 10.5 Å². The standard InChI is InChI=1S/C27H29F3N4O2S/c1-26(2,35)9-6-18-4-3-5-19(12-18)16-36-22-13-21(14-32-24(22)31)23-15-33-25(37-23)20-7-10-34(11-8-20)17-27(28,29)30/h3-5,12-15,20,35H,7-8,10-11,16-17H2,1-2H3,(H2,31,32). The number of alkyl halides is 3. The van der Waals surface area contributed by atoms with Gasteiger partial charge in [0, 0.05) is 29.4 Å². The topological polar surface area (TPSA) is 84.5 Å². The smallest absolute Gasteiger partial charge is 0.401 e. The van der Waals surface area contributed by atoms with Crippen molar-refractivity contribution in [2.75, 3.05) is 25.4 Å². The van der Waals surface area contributed by atoms with Crippen LogP contribution in [0.5, 0.6) is 5.75 Å². The third-order valence-corrected chi connectivity index (χ3v) is 7.07. The fourth-order valence-corrected chi connectivity index (χ4v) is 5.10. The molecule has 1 aliphatic heterocycles. The predicted octanol–water partition coefficient (Wildman–Crippen LogP) is 5.23. The van der Waals surface area contributed by atoms with Crippen LogP contribution in [0.3, 0.4) is 0 Å². The zero-order chi connectivity index (χ0) is 26.6. The van der Waals surface area contributed by atoms with Crippen molar-refractivity contribution < 1.29 is 23.0 Å². The number of halogens is 3. The number of ether oxygens (including phenoxy) is 1. The van der Waals surface area contributed by atoms with Gasteiger partial charge in [-0.2, -0.15) is 13.2 Å². The van der Waals surface area contributed by atoms with Gasteiger partial charge in [-0.25, -0.2) is 9.97 Å². The maximum Gasteiger partial charge on any atom is 0.401 e. The van der Waals surface area contributed by atoms with Gasteiger partial charge < -0.3 is 15.6 Å². The van der Waals surface area contributed by atoms with Crippen molar-refractivity contribution >= 4 is 17.2 Å². The first kappa shape index (κ1) is 26.9. The van der Waals surface area contributed by atoms with E-state index in [2.05, 4.69) is 21.8 Å². The summed E-state index contributed by atoms with van der Waals surface area (Å²) in [5.41, 5.74) is 7.45. The zero-order valence-corrected chi connectivity index (χ0v) is 21.5. The summed E-state index contributed by atoms with van der Waals surface area (Å²) in [6, 6.07) is 9.36. The normalized spacial score (nSPS) is 15.3. The van der Waals surface area contributed by atoms with E-state index in [0.717, 1.165) is 26.6 Å². The van der Waals surface area contributed by atoms with Gasteiger partial charge >= 0.3 is 6.18 Å². The summed E-state index contributed by atoms with van der Waals surface area (Å²) in [5, 5.41) is 10.7. The van der Waals surface area contributed by atoms with Crippen molar-refractivity contribution in [1.82, 2.24) is 14.9 Å². The number of aliphatic hydroxyl groups is 1. The maximum absolute atomic E-state index is 12.7. The summed E-state index contributed by atoms with van der Waals surface area (Å²) in [5.74, 6) is 6.61. The molecule has 0 aliphatic carbocycles. The molecule has 2 aromatic heterocycles. The Morgan fingerprint density at radius 2 is 1.92 bits per heavy atom. The Bertz CT molecular complexity index is 1280. The molecular formula is C27H29F3N4O2S. The van der Waals surface area contributed by atoms with E-state index < -0.39 is 18.3 Å². The van der Waals surface area contributed by atoms with Gasteiger partial charge in [-0.3, -0.25) is 4.90 Å². The van der Waals surface area contributed by atoms with Crippen molar-refractivity contribution in [2.24, 2.45) is 0 Å². The van der Waals surface area contributed by atoms with Gasteiger partial charge in [-0.1, -0.05) is 24.0 Å². The molecule has 10 heteroatoms. The number of hydrogen-bond acceptors (Lipinski definition) is 7. The van der Waals surface area contributed by atoms with Crippen LogP contribution in [0.2, 0.25) is 0 Å². The first-order chi connectivity index (χ1) is 17.4. The highest BCUT2D eigenvalue weighted by Crippen LogP contribution is 2.37. The van der Waals surface area contributed by atoms with E-state index in [4.69, 9.17) is 10.5 Å². The number of thiazole rings is 1. The number of hydrogen-bond donors (Lipinski definition) is 2. The van der Waals surface area contributed by atoms with Gasteiger partial charge in [-0.15, -0.1) is 11.3 Å². The van der Waals surface area contributed by atoms with Crippen LogP contribution in [0.1, 0.15) is 48.7 Å². The third-order valence-electron chi connectivity index (χ3n) is 5.86. The average molecular weight is 531 g/mol. The van der Waals surface area contributed by atoms with Crippen LogP contribution in [0, 0.1) is 11.8 Å². The van der Waals surface area contributed by atoms with Crippen LogP contribution >= 0.6 is 11.3 Å². The molecule has 0 amide bonds. The molecule has 6 nitrogen and oxygen atoms in total. The lowest BCUT2D eigenvalue weighted by Crippen LogP contribution is -2.39. The van der Waals surface area contributed by atoms with Gasteiger partial charge in [0.25, 0.3) is 0 Å². The summed E-state index contributed by atoms with van der Waals surface area (Å²) in [4.78, 5) is 11.2. The Morgan fingerprint density at radius 1 is 1.16 bits per heavy atom. The van der Waals surface area contributed by atoms with Crippen LogP contribution in [0.15, 0.2) is 42.7 Å². The minimum absolute atomic E-state index is 0.146. The Hall–Kier alpha value is -3.13. The van der Waals surface area contributed by atoms with Crippen molar-refractivity contribution in [3.8, 4) is 28.0 Å². The molecule has 1 fully saturated rings. The van der Waals surface area contributed by atoms with E-state index in [0.29, 0.717) is 31.7 Å². The monoisotopic (exact) mass is 530 g/mol. The van der Waals surface area contributed by atoms with Crippen LogP contribution in [0.25, 0.3) is 10.4 Å². The number of aromatic nitrogens is 2. The second-order valence-electron chi connectivity index (χ2n) is 9.63. The molecule has 1 aromatic carbocycles. The fraction of sp³-hybridized carbons (Fsp3) is 0.407. The second-order valence-corrected chi connectivity index (χ2v) is 10.7. The number of pyridine rings is 1. The summed E-state index contributed by atoms with van der Waals surface area (Å²) < 4.78 is 43.9. The molecule has 0 bridgehead atoms.